The molecule has 176 valence electrons. The number of piperidine rings is 1. The van der Waals surface area contributed by atoms with Crippen LogP contribution < -0.4 is 10.6 Å². The zero-order valence-electron chi connectivity index (χ0n) is 17.6. The predicted octanol–water partition coefficient (Wildman–Crippen LogP) is -1.67. The highest BCUT2D eigenvalue weighted by Crippen LogP contribution is 2.17. The number of nitrogens with one attached hydrogen (secondary N) is 2. The van der Waals surface area contributed by atoms with Gasteiger partial charge in [0.15, 0.2) is 9.84 Å². The van der Waals surface area contributed by atoms with Gasteiger partial charge in [-0.3, -0.25) is 14.4 Å². The summed E-state index contributed by atoms with van der Waals surface area (Å²) in [6.07, 6.45) is 2.04. The van der Waals surface area contributed by atoms with Crippen LogP contribution in [0.15, 0.2) is 35.2 Å². The lowest BCUT2D eigenvalue weighted by Gasteiger charge is -2.39. The first-order valence-corrected chi connectivity index (χ1v) is 13.6. The van der Waals surface area contributed by atoms with Crippen molar-refractivity contribution in [3.8, 4) is 0 Å². The Hall–Kier alpha value is -2.51. The van der Waals surface area contributed by atoms with E-state index in [1.54, 1.807) is 18.2 Å². The van der Waals surface area contributed by atoms with Gasteiger partial charge in [0.25, 0.3) is 0 Å². The number of piperazine rings is 1. The molecule has 2 fully saturated rings. The summed E-state index contributed by atoms with van der Waals surface area (Å²) in [5.74, 6) is -2.58. The molecular formula is C19H26N4O7S2. The van der Waals surface area contributed by atoms with E-state index in [9.17, 15) is 31.2 Å². The van der Waals surface area contributed by atoms with Crippen molar-refractivity contribution >= 4 is 37.6 Å². The molecule has 0 bridgehead atoms. The Bertz CT molecular complexity index is 1090. The van der Waals surface area contributed by atoms with Crippen molar-refractivity contribution in [2.24, 2.45) is 0 Å². The molecule has 3 amide bonds. The normalized spacial score (nSPS) is 22.8. The average Bonchev–Trinajstić information content (AvgIpc) is 2.74. The van der Waals surface area contributed by atoms with E-state index < -0.39 is 49.5 Å². The van der Waals surface area contributed by atoms with E-state index in [1.165, 1.54) is 17.0 Å². The van der Waals surface area contributed by atoms with E-state index in [2.05, 4.69) is 10.6 Å². The summed E-state index contributed by atoms with van der Waals surface area (Å²) in [6.45, 7) is -0.0204. The van der Waals surface area contributed by atoms with Crippen LogP contribution in [0.4, 0.5) is 0 Å². The minimum Gasteiger partial charge on any atom is -0.354 e. The van der Waals surface area contributed by atoms with Crippen LogP contribution in [0.1, 0.15) is 12.8 Å². The molecule has 0 aliphatic carbocycles. The van der Waals surface area contributed by atoms with Crippen LogP contribution in [0.3, 0.4) is 0 Å². The van der Waals surface area contributed by atoms with Crippen LogP contribution in [0.5, 0.6) is 0 Å². The van der Waals surface area contributed by atoms with Gasteiger partial charge in [-0.15, -0.1) is 0 Å². The van der Waals surface area contributed by atoms with E-state index in [0.29, 0.717) is 19.4 Å². The number of rotatable bonds is 6. The molecule has 2 aliphatic heterocycles. The molecule has 0 saturated carbocycles. The first-order chi connectivity index (χ1) is 15.0. The van der Waals surface area contributed by atoms with Gasteiger partial charge in [-0.1, -0.05) is 18.2 Å². The summed E-state index contributed by atoms with van der Waals surface area (Å²) in [5, 5.41) is 5.19. The summed E-state index contributed by atoms with van der Waals surface area (Å²) in [6, 6.07) is 5.46. The SMILES string of the molecule is CS(=O)(=O)N1CCN(C(=O)CS(=O)(=O)c2ccccc2)C[C@H]1C(=O)N[C@@H]1CCCNC1=O. The van der Waals surface area contributed by atoms with Crippen LogP contribution in [0, 0.1) is 0 Å². The highest BCUT2D eigenvalue weighted by molar-refractivity contribution is 7.92. The second-order valence-electron chi connectivity index (χ2n) is 7.80. The molecule has 32 heavy (non-hydrogen) atoms. The minimum atomic E-state index is -3.90. The smallest absolute Gasteiger partial charge is 0.242 e. The topological polar surface area (TPSA) is 150 Å². The van der Waals surface area contributed by atoms with E-state index >= 15 is 0 Å². The third-order valence-corrected chi connectivity index (χ3v) is 8.34. The number of sulfonamides is 1. The molecule has 0 aromatic heterocycles. The van der Waals surface area contributed by atoms with Crippen LogP contribution in [0.2, 0.25) is 0 Å². The fourth-order valence-corrected chi connectivity index (χ4v) is 6.03. The second-order valence-corrected chi connectivity index (χ2v) is 11.7. The van der Waals surface area contributed by atoms with Gasteiger partial charge in [0.05, 0.1) is 11.2 Å². The van der Waals surface area contributed by atoms with Crippen molar-refractivity contribution in [2.75, 3.05) is 38.2 Å². The number of sulfone groups is 1. The standard InChI is InChI=1S/C19H26N4O7S2/c1-31(27,28)23-11-10-22(17(24)13-32(29,30)14-6-3-2-4-7-14)12-16(23)19(26)21-15-8-5-9-20-18(15)25/h2-4,6-7,15-16H,5,8-13H2,1H3,(H,20,25)(H,21,26)/t15-,16+/m1/s1. The Labute approximate surface area is 187 Å². The highest BCUT2D eigenvalue weighted by atomic mass is 32.2. The van der Waals surface area contributed by atoms with E-state index in [1.807, 2.05) is 0 Å². The van der Waals surface area contributed by atoms with Crippen LogP contribution >= 0.6 is 0 Å². The summed E-state index contributed by atoms with van der Waals surface area (Å²) in [4.78, 5) is 38.8. The third kappa shape index (κ3) is 5.64. The Morgan fingerprint density at radius 2 is 1.81 bits per heavy atom. The first kappa shape index (κ1) is 24.1. The average molecular weight is 487 g/mol. The number of hydrogen-bond acceptors (Lipinski definition) is 7. The summed E-state index contributed by atoms with van der Waals surface area (Å²) >= 11 is 0. The van der Waals surface area contributed by atoms with Crippen molar-refractivity contribution in [3.05, 3.63) is 30.3 Å². The lowest BCUT2D eigenvalue weighted by molar-refractivity contribution is -0.136. The molecule has 1 aromatic rings. The monoisotopic (exact) mass is 486 g/mol. The summed E-state index contributed by atoms with van der Waals surface area (Å²) < 4.78 is 50.5. The molecular weight excluding hydrogens is 460 g/mol. The largest absolute Gasteiger partial charge is 0.354 e. The molecule has 0 unspecified atom stereocenters. The second kappa shape index (κ2) is 9.55. The van der Waals surface area contributed by atoms with E-state index in [0.717, 1.165) is 10.6 Å². The maximum atomic E-state index is 12.9. The van der Waals surface area contributed by atoms with Crippen molar-refractivity contribution in [3.63, 3.8) is 0 Å². The zero-order valence-corrected chi connectivity index (χ0v) is 19.2. The molecule has 2 atom stereocenters. The van der Waals surface area contributed by atoms with Crippen molar-refractivity contribution in [2.45, 2.75) is 29.8 Å². The molecule has 2 N–H and O–H groups in total. The van der Waals surface area contributed by atoms with Gasteiger partial charge in [-0.25, -0.2) is 16.8 Å². The quantitative estimate of drug-likeness (QED) is 0.488. The first-order valence-electron chi connectivity index (χ1n) is 10.1. The highest BCUT2D eigenvalue weighted by Gasteiger charge is 2.40. The van der Waals surface area contributed by atoms with Gasteiger partial charge in [0.1, 0.15) is 17.8 Å². The van der Waals surface area contributed by atoms with Crippen LogP contribution in [0.25, 0.3) is 0 Å². The Morgan fingerprint density at radius 1 is 1.12 bits per heavy atom. The Balaban J connectivity index is 1.75. The molecule has 2 saturated heterocycles. The molecule has 2 aliphatic rings. The number of carbonyl (C=O) groups excluding carboxylic acids is 3. The van der Waals surface area contributed by atoms with Gasteiger partial charge in [0.2, 0.25) is 27.7 Å². The number of amides is 3. The Morgan fingerprint density at radius 3 is 2.44 bits per heavy atom. The van der Waals surface area contributed by atoms with E-state index in [-0.39, 0.29) is 30.4 Å². The lowest BCUT2D eigenvalue weighted by atomic mass is 10.1. The van der Waals surface area contributed by atoms with Crippen molar-refractivity contribution in [1.29, 1.82) is 0 Å². The Kier molecular flexibility index (Phi) is 7.20. The number of benzene rings is 1. The zero-order chi connectivity index (χ0) is 23.5. The van der Waals surface area contributed by atoms with Gasteiger partial charge in [0, 0.05) is 26.2 Å². The predicted molar refractivity (Wildman–Crippen MR) is 115 cm³/mol. The summed E-state index contributed by atoms with van der Waals surface area (Å²) in [7, 11) is -7.68. The fourth-order valence-electron chi connectivity index (χ4n) is 3.75. The number of carbonyl (C=O) groups is 3. The molecule has 13 heteroatoms. The van der Waals surface area contributed by atoms with Gasteiger partial charge < -0.3 is 15.5 Å². The minimum absolute atomic E-state index is 0.000672. The van der Waals surface area contributed by atoms with Gasteiger partial charge in [-0.05, 0) is 25.0 Å². The van der Waals surface area contributed by atoms with Gasteiger partial charge in [-0.2, -0.15) is 4.31 Å². The van der Waals surface area contributed by atoms with Crippen LogP contribution in [-0.4, -0.2) is 94.0 Å². The third-order valence-electron chi connectivity index (χ3n) is 5.43. The summed E-state index contributed by atoms with van der Waals surface area (Å²) in [5.41, 5.74) is 0. The molecule has 0 spiro atoms. The molecule has 0 radical (unpaired) electrons. The van der Waals surface area contributed by atoms with E-state index in [4.69, 9.17) is 0 Å². The molecule has 3 rings (SSSR count). The maximum Gasteiger partial charge on any atom is 0.242 e. The molecule has 11 nitrogen and oxygen atoms in total. The van der Waals surface area contributed by atoms with Crippen molar-refractivity contribution < 1.29 is 31.2 Å². The number of nitrogens with zero attached hydrogens (tertiary/aromatic N) is 2. The van der Waals surface area contributed by atoms with Gasteiger partial charge >= 0.3 is 0 Å². The van der Waals surface area contributed by atoms with Crippen molar-refractivity contribution in [1.82, 2.24) is 19.8 Å². The fraction of sp³-hybridized carbons (Fsp3) is 0.526. The van der Waals surface area contributed by atoms with Crippen LogP contribution in [-0.2, 0) is 34.2 Å². The molecule has 1 aromatic carbocycles. The number of hydrogen-bond donors (Lipinski definition) is 2. The lowest BCUT2D eigenvalue weighted by Crippen LogP contribution is -2.63. The maximum absolute atomic E-state index is 12.9. The molecule has 2 heterocycles.